The lowest BCUT2D eigenvalue weighted by atomic mass is 10.3. The van der Waals surface area contributed by atoms with Crippen LogP contribution in [0.25, 0.3) is 0 Å². The van der Waals surface area contributed by atoms with Gasteiger partial charge in [-0.05, 0) is 32.7 Å². The molecule has 0 aromatic carbocycles. The number of nitrogens with one attached hydrogen (secondary N) is 1. The number of nitrogens with zero attached hydrogens (tertiary/aromatic N) is 3. The van der Waals surface area contributed by atoms with E-state index in [1.165, 1.54) is 0 Å². The van der Waals surface area contributed by atoms with Crippen molar-refractivity contribution in [2.75, 3.05) is 0 Å². The quantitative estimate of drug-likeness (QED) is 0.549. The summed E-state index contributed by atoms with van der Waals surface area (Å²) in [5.41, 5.74) is 5.12. The van der Waals surface area contributed by atoms with Crippen LogP contribution in [0.1, 0.15) is 13.8 Å². The lowest BCUT2D eigenvalue weighted by molar-refractivity contribution is 0.248. The first-order chi connectivity index (χ1) is 5.66. The lowest BCUT2D eigenvalue weighted by Crippen LogP contribution is -2.36. The van der Waals surface area contributed by atoms with Crippen LogP contribution < -0.4 is 5.53 Å². The van der Waals surface area contributed by atoms with Gasteiger partial charge in [0.1, 0.15) is 0 Å². The van der Waals surface area contributed by atoms with E-state index in [9.17, 15) is 0 Å². The highest BCUT2D eigenvalue weighted by molar-refractivity contribution is 7.77. The van der Waals surface area contributed by atoms with Crippen LogP contribution in [0.5, 0.6) is 0 Å². The molecule has 0 saturated carbocycles. The Morgan fingerprint density at radius 3 is 3.00 bits per heavy atom. The highest BCUT2D eigenvalue weighted by Crippen LogP contribution is 2.22. The fourth-order valence-corrected chi connectivity index (χ4v) is 1.46. The minimum atomic E-state index is 0.877. The van der Waals surface area contributed by atoms with Gasteiger partial charge in [0.05, 0.1) is 6.20 Å². The van der Waals surface area contributed by atoms with Gasteiger partial charge in [0.2, 0.25) is 0 Å². The smallest absolute Gasteiger partial charge is 0.167 e. The van der Waals surface area contributed by atoms with Crippen LogP contribution in [0, 0.1) is 0 Å². The standard InChI is InChI=1S/C7H10N4S/c1-5-3-6(2)11-7(8-5)4-10(12)9-11/h3-4,9,12H,1-2H3. The Hall–Kier alpha value is -0.940. The van der Waals surface area contributed by atoms with Gasteiger partial charge in [0.15, 0.2) is 5.82 Å². The lowest BCUT2D eigenvalue weighted by Gasteiger charge is -2.23. The van der Waals surface area contributed by atoms with Gasteiger partial charge in [0.25, 0.3) is 0 Å². The molecule has 4 nitrogen and oxygen atoms in total. The zero-order valence-electron chi connectivity index (χ0n) is 6.94. The van der Waals surface area contributed by atoms with Crippen LogP contribution in [0.15, 0.2) is 28.8 Å². The van der Waals surface area contributed by atoms with Crippen molar-refractivity contribution in [1.82, 2.24) is 15.0 Å². The molecule has 1 N–H and O–H groups in total. The maximum atomic E-state index is 4.32. The number of hydrogen-bond donors (Lipinski definition) is 2. The molecule has 0 amide bonds. The van der Waals surface area contributed by atoms with E-state index in [1.54, 1.807) is 4.41 Å². The molecule has 0 unspecified atom stereocenters. The summed E-state index contributed by atoms with van der Waals surface area (Å²) >= 11 is 4.12. The number of thiol groups is 1. The molecular formula is C7H10N4S. The summed E-state index contributed by atoms with van der Waals surface area (Å²) in [6.07, 6.45) is 3.83. The summed E-state index contributed by atoms with van der Waals surface area (Å²) in [5, 5.41) is 1.88. The van der Waals surface area contributed by atoms with Crippen molar-refractivity contribution in [2.24, 2.45) is 4.99 Å². The van der Waals surface area contributed by atoms with Crippen LogP contribution in [0.3, 0.4) is 0 Å². The van der Waals surface area contributed by atoms with Crippen molar-refractivity contribution >= 4 is 18.5 Å². The van der Waals surface area contributed by atoms with Crippen molar-refractivity contribution in [2.45, 2.75) is 13.8 Å². The number of hydrogen-bond acceptors (Lipinski definition) is 5. The van der Waals surface area contributed by atoms with Gasteiger partial charge in [-0.1, -0.05) is 0 Å². The molecule has 0 atom stereocenters. The Morgan fingerprint density at radius 2 is 2.25 bits per heavy atom. The molecule has 0 saturated heterocycles. The fourth-order valence-electron chi connectivity index (χ4n) is 1.27. The Kier molecular flexibility index (Phi) is 1.62. The summed E-state index contributed by atoms with van der Waals surface area (Å²) in [6, 6.07) is 0. The van der Waals surface area contributed by atoms with E-state index in [0.717, 1.165) is 17.2 Å². The number of rotatable bonds is 0. The van der Waals surface area contributed by atoms with Gasteiger partial charge in [-0.2, -0.15) is 0 Å². The van der Waals surface area contributed by atoms with E-state index in [1.807, 2.05) is 31.1 Å². The van der Waals surface area contributed by atoms with Crippen molar-refractivity contribution in [1.29, 1.82) is 0 Å². The minimum absolute atomic E-state index is 0.877. The Bertz CT molecular complexity index is 305. The van der Waals surface area contributed by atoms with Gasteiger partial charge in [-0.25, -0.2) is 14.4 Å². The van der Waals surface area contributed by atoms with Crippen LogP contribution in [-0.2, 0) is 0 Å². The summed E-state index contributed by atoms with van der Waals surface area (Å²) < 4.78 is 1.58. The number of hydrazine groups is 2. The van der Waals surface area contributed by atoms with Gasteiger partial charge in [-0.15, -0.1) is 5.53 Å². The maximum absolute atomic E-state index is 4.32. The molecule has 2 rings (SSSR count). The van der Waals surface area contributed by atoms with Crippen molar-refractivity contribution in [3.8, 4) is 0 Å². The van der Waals surface area contributed by atoms with E-state index < -0.39 is 0 Å². The second-order valence-electron chi connectivity index (χ2n) is 2.81. The zero-order chi connectivity index (χ0) is 8.72. The first-order valence-corrected chi connectivity index (χ1v) is 4.07. The molecule has 0 radical (unpaired) electrons. The monoisotopic (exact) mass is 182 g/mol. The molecular weight excluding hydrogens is 172 g/mol. The molecule has 2 aliphatic heterocycles. The van der Waals surface area contributed by atoms with Crippen LogP contribution >= 0.6 is 12.8 Å². The minimum Gasteiger partial charge on any atom is -0.244 e. The normalized spacial score (nSPS) is 21.8. The second kappa shape index (κ2) is 2.53. The average molecular weight is 182 g/mol. The fraction of sp³-hybridized carbons (Fsp3) is 0.286. The third-order valence-corrected chi connectivity index (χ3v) is 1.94. The van der Waals surface area contributed by atoms with Gasteiger partial charge in [-0.3, -0.25) is 0 Å². The molecule has 64 valence electrons. The predicted molar refractivity (Wildman–Crippen MR) is 50.7 cm³/mol. The number of fused-ring (bicyclic) bond motifs is 1. The number of allylic oxidation sites excluding steroid dienone is 2. The van der Waals surface area contributed by atoms with Crippen LogP contribution in [0.2, 0.25) is 0 Å². The number of aliphatic imine (C=N–C) groups is 1. The molecule has 0 fully saturated rings. The molecule has 0 aliphatic carbocycles. The molecule has 0 bridgehead atoms. The summed E-state index contributed by atoms with van der Waals surface area (Å²) in [6.45, 7) is 3.99. The largest absolute Gasteiger partial charge is 0.244 e. The zero-order valence-corrected chi connectivity index (χ0v) is 7.84. The molecule has 2 heterocycles. The van der Waals surface area contributed by atoms with Gasteiger partial charge < -0.3 is 0 Å². The second-order valence-corrected chi connectivity index (χ2v) is 3.24. The van der Waals surface area contributed by atoms with Crippen LogP contribution in [-0.4, -0.2) is 15.1 Å². The van der Waals surface area contributed by atoms with Crippen molar-refractivity contribution in [3.05, 3.63) is 23.8 Å². The third kappa shape index (κ3) is 1.11. The van der Waals surface area contributed by atoms with Crippen molar-refractivity contribution < 1.29 is 0 Å². The molecule has 2 aliphatic rings. The van der Waals surface area contributed by atoms with Gasteiger partial charge in [0, 0.05) is 11.4 Å². The van der Waals surface area contributed by atoms with E-state index in [0.29, 0.717) is 0 Å². The SMILES string of the molecule is CC1=CC(C)=NC2=CN(S)NN12. The van der Waals surface area contributed by atoms with Crippen LogP contribution in [0.4, 0.5) is 0 Å². The molecule has 12 heavy (non-hydrogen) atoms. The summed E-state index contributed by atoms with van der Waals surface area (Å²) in [7, 11) is 0. The molecule has 0 aromatic heterocycles. The topological polar surface area (TPSA) is 30.9 Å². The first-order valence-electron chi connectivity index (χ1n) is 3.67. The summed E-state index contributed by atoms with van der Waals surface area (Å²) in [5.74, 6) is 0.877. The van der Waals surface area contributed by atoms with Crippen molar-refractivity contribution in [3.63, 3.8) is 0 Å². The van der Waals surface area contributed by atoms with E-state index in [2.05, 4.69) is 23.3 Å². The summed E-state index contributed by atoms with van der Waals surface area (Å²) in [4.78, 5) is 4.32. The van der Waals surface area contributed by atoms with Gasteiger partial charge >= 0.3 is 0 Å². The average Bonchev–Trinajstić information content (AvgIpc) is 2.29. The van der Waals surface area contributed by atoms with E-state index in [-0.39, 0.29) is 0 Å². The third-order valence-electron chi connectivity index (χ3n) is 1.73. The highest BCUT2D eigenvalue weighted by atomic mass is 32.1. The predicted octanol–water partition coefficient (Wildman–Crippen LogP) is 1.05. The Labute approximate surface area is 76.7 Å². The first kappa shape index (κ1) is 7.70. The molecule has 0 aromatic rings. The maximum Gasteiger partial charge on any atom is 0.167 e. The highest BCUT2D eigenvalue weighted by Gasteiger charge is 2.22. The Balaban J connectivity index is 2.37. The molecule has 5 heteroatoms. The van der Waals surface area contributed by atoms with E-state index >= 15 is 0 Å². The molecule has 0 spiro atoms. The Morgan fingerprint density at radius 1 is 1.50 bits per heavy atom. The van der Waals surface area contributed by atoms with E-state index in [4.69, 9.17) is 0 Å².